The summed E-state index contributed by atoms with van der Waals surface area (Å²) in [5, 5.41) is 5.87. The second-order valence-corrected chi connectivity index (χ2v) is 8.43. The molecule has 1 N–H and O–H groups in total. The predicted molar refractivity (Wildman–Crippen MR) is 126 cm³/mol. The van der Waals surface area contributed by atoms with Gasteiger partial charge < -0.3 is 10.1 Å². The second kappa shape index (κ2) is 12.3. The van der Waals surface area contributed by atoms with Crippen LogP contribution in [0, 0.1) is 6.92 Å². The number of nitrogens with zero attached hydrogens (tertiary/aromatic N) is 1. The fourth-order valence-corrected chi connectivity index (χ4v) is 4.09. The van der Waals surface area contributed by atoms with E-state index < -0.39 is 0 Å². The Hall–Kier alpha value is -2.31. The van der Waals surface area contributed by atoms with Gasteiger partial charge in [-0.05, 0) is 42.4 Å². The Balaban J connectivity index is 0.000000221. The van der Waals surface area contributed by atoms with E-state index in [0.717, 1.165) is 28.5 Å². The summed E-state index contributed by atoms with van der Waals surface area (Å²) in [6.45, 7) is 6.31. The van der Waals surface area contributed by atoms with Crippen LogP contribution in [0.3, 0.4) is 0 Å². The van der Waals surface area contributed by atoms with Crippen LogP contribution < -0.4 is 10.1 Å². The number of amides is 1. The van der Waals surface area contributed by atoms with Crippen LogP contribution in [0.1, 0.15) is 30.7 Å². The van der Waals surface area contributed by atoms with Gasteiger partial charge in [0.2, 0.25) is 6.41 Å². The van der Waals surface area contributed by atoms with Gasteiger partial charge in [-0.15, -0.1) is 11.3 Å². The van der Waals surface area contributed by atoms with Gasteiger partial charge in [0.25, 0.3) is 0 Å². The van der Waals surface area contributed by atoms with Gasteiger partial charge in [-0.1, -0.05) is 44.2 Å². The molecule has 0 spiro atoms. The quantitative estimate of drug-likeness (QED) is 0.434. The highest BCUT2D eigenvalue weighted by Crippen LogP contribution is 2.26. The number of thiazole rings is 1. The van der Waals surface area contributed by atoms with Crippen LogP contribution >= 0.6 is 23.1 Å². The third-order valence-corrected chi connectivity index (χ3v) is 6.03. The second-order valence-electron chi connectivity index (χ2n) is 6.30. The van der Waals surface area contributed by atoms with E-state index in [2.05, 4.69) is 53.8 Å². The van der Waals surface area contributed by atoms with Crippen molar-refractivity contribution in [1.82, 2.24) is 4.98 Å². The summed E-state index contributed by atoms with van der Waals surface area (Å²) in [4.78, 5) is 14.9. The molecule has 2 aromatic carbocycles. The zero-order valence-corrected chi connectivity index (χ0v) is 19.0. The van der Waals surface area contributed by atoms with Crippen LogP contribution in [0.2, 0.25) is 0 Å². The van der Waals surface area contributed by atoms with E-state index in [1.165, 1.54) is 16.8 Å². The lowest BCUT2D eigenvalue weighted by atomic mass is 10.1. The van der Waals surface area contributed by atoms with Gasteiger partial charge in [-0.2, -0.15) is 11.8 Å². The van der Waals surface area contributed by atoms with Gasteiger partial charge in [0, 0.05) is 16.7 Å². The van der Waals surface area contributed by atoms with Crippen LogP contribution in [0.25, 0.3) is 10.6 Å². The van der Waals surface area contributed by atoms with E-state index in [-0.39, 0.29) is 0 Å². The normalized spacial score (nSPS) is 10.1. The molecule has 3 aromatic rings. The number of aryl methyl sites for hydroxylation is 2. The molecule has 0 aliphatic carbocycles. The van der Waals surface area contributed by atoms with Gasteiger partial charge in [0.1, 0.15) is 10.8 Å². The van der Waals surface area contributed by atoms with Crippen molar-refractivity contribution < 1.29 is 9.53 Å². The van der Waals surface area contributed by atoms with Gasteiger partial charge in [0.05, 0.1) is 18.5 Å². The minimum absolute atomic E-state index is 0.636. The lowest BCUT2D eigenvalue weighted by Gasteiger charge is -2.06. The summed E-state index contributed by atoms with van der Waals surface area (Å²) in [6, 6.07) is 14.3. The molecule has 1 amide bonds. The van der Waals surface area contributed by atoms with Crippen molar-refractivity contribution >= 4 is 35.2 Å². The molecule has 154 valence electrons. The molecule has 6 heteroatoms. The van der Waals surface area contributed by atoms with Gasteiger partial charge >= 0.3 is 0 Å². The van der Waals surface area contributed by atoms with Crippen molar-refractivity contribution in [2.24, 2.45) is 0 Å². The number of rotatable bonds is 8. The van der Waals surface area contributed by atoms with E-state index in [4.69, 9.17) is 4.74 Å². The minimum atomic E-state index is 0.636. The minimum Gasteiger partial charge on any atom is -0.495 e. The molecular weight excluding hydrogens is 400 g/mol. The van der Waals surface area contributed by atoms with Gasteiger partial charge in [0.15, 0.2) is 0 Å². The Morgan fingerprint density at radius 3 is 2.55 bits per heavy atom. The summed E-state index contributed by atoms with van der Waals surface area (Å²) in [6.07, 6.45) is 1.73. The highest BCUT2D eigenvalue weighted by molar-refractivity contribution is 7.98. The standard InChI is InChI=1S/C14H17NS2.C9H11NO2/c1-3-11-5-7-12(8-6-11)14-15-13(10-17-14)9-16-4-2;1-7-3-4-9(12-2)8(5-7)10-6-11/h5-8,10H,3-4,9H2,1-2H3;3-6H,1-2H3,(H,10,11). The van der Waals surface area contributed by atoms with Crippen molar-refractivity contribution in [3.63, 3.8) is 0 Å². The van der Waals surface area contributed by atoms with Crippen molar-refractivity contribution in [3.05, 3.63) is 64.7 Å². The molecule has 3 rings (SSSR count). The van der Waals surface area contributed by atoms with Crippen LogP contribution in [0.15, 0.2) is 47.8 Å². The van der Waals surface area contributed by atoms with Gasteiger partial charge in [-0.3, -0.25) is 4.79 Å². The Bertz CT molecular complexity index is 892. The Morgan fingerprint density at radius 2 is 1.93 bits per heavy atom. The largest absolute Gasteiger partial charge is 0.495 e. The van der Waals surface area contributed by atoms with Crippen molar-refractivity contribution in [2.75, 3.05) is 18.2 Å². The Kier molecular flexibility index (Phi) is 9.74. The molecule has 0 saturated heterocycles. The van der Waals surface area contributed by atoms with E-state index in [9.17, 15) is 4.79 Å². The Morgan fingerprint density at radius 1 is 1.17 bits per heavy atom. The van der Waals surface area contributed by atoms with Crippen molar-refractivity contribution in [2.45, 2.75) is 32.9 Å². The highest BCUT2D eigenvalue weighted by Gasteiger charge is 2.04. The third kappa shape index (κ3) is 7.22. The number of ether oxygens (including phenoxy) is 1. The number of hydrogen-bond acceptors (Lipinski definition) is 5. The number of aromatic nitrogens is 1. The monoisotopic (exact) mass is 428 g/mol. The fourth-order valence-electron chi connectivity index (χ4n) is 2.59. The maximum atomic E-state index is 10.2. The summed E-state index contributed by atoms with van der Waals surface area (Å²) in [7, 11) is 1.57. The van der Waals surface area contributed by atoms with Crippen LogP contribution in [-0.2, 0) is 17.0 Å². The summed E-state index contributed by atoms with van der Waals surface area (Å²) >= 11 is 3.66. The first-order chi connectivity index (χ1) is 14.1. The van der Waals surface area contributed by atoms with E-state index in [1.54, 1.807) is 18.4 Å². The number of hydrogen-bond donors (Lipinski definition) is 1. The van der Waals surface area contributed by atoms with E-state index >= 15 is 0 Å². The SMILES string of the molecule is CCSCc1csc(-c2ccc(CC)cc2)n1.COc1ccc(C)cc1NC=O. The summed E-state index contributed by atoms with van der Waals surface area (Å²) < 4.78 is 5.03. The molecule has 0 bridgehead atoms. The number of carbonyl (C=O) groups excluding carboxylic acids is 1. The van der Waals surface area contributed by atoms with Gasteiger partial charge in [-0.25, -0.2) is 4.98 Å². The molecular formula is C23H28N2O2S2. The lowest BCUT2D eigenvalue weighted by Crippen LogP contribution is -1.97. The van der Waals surface area contributed by atoms with Crippen LogP contribution in [-0.4, -0.2) is 24.3 Å². The first kappa shape index (κ1) is 23.0. The number of benzene rings is 2. The number of methoxy groups -OCH3 is 1. The summed E-state index contributed by atoms with van der Waals surface area (Å²) in [5.74, 6) is 2.85. The predicted octanol–water partition coefficient (Wildman–Crippen LogP) is 6.20. The maximum absolute atomic E-state index is 10.2. The zero-order chi connectivity index (χ0) is 21.1. The highest BCUT2D eigenvalue weighted by atomic mass is 32.2. The Labute approximate surface area is 181 Å². The molecule has 0 atom stereocenters. The molecule has 1 heterocycles. The lowest BCUT2D eigenvalue weighted by molar-refractivity contribution is -0.105. The van der Waals surface area contributed by atoms with E-state index in [1.807, 2.05) is 36.9 Å². The molecule has 0 fully saturated rings. The third-order valence-electron chi connectivity index (χ3n) is 4.18. The number of thioether (sulfide) groups is 1. The molecule has 0 saturated carbocycles. The average molecular weight is 429 g/mol. The fraction of sp³-hybridized carbons (Fsp3) is 0.304. The topological polar surface area (TPSA) is 51.2 Å². The van der Waals surface area contributed by atoms with Crippen LogP contribution in [0.5, 0.6) is 5.75 Å². The molecule has 29 heavy (non-hydrogen) atoms. The molecule has 0 unspecified atom stereocenters. The number of carbonyl (C=O) groups is 1. The first-order valence-corrected chi connectivity index (χ1v) is 11.6. The smallest absolute Gasteiger partial charge is 0.211 e. The van der Waals surface area contributed by atoms with Crippen LogP contribution in [0.4, 0.5) is 5.69 Å². The van der Waals surface area contributed by atoms with E-state index in [0.29, 0.717) is 17.8 Å². The molecule has 4 nitrogen and oxygen atoms in total. The number of nitrogens with one attached hydrogen (secondary N) is 1. The molecule has 0 aliphatic heterocycles. The number of anilines is 1. The molecule has 0 aliphatic rings. The van der Waals surface area contributed by atoms with Crippen molar-refractivity contribution in [1.29, 1.82) is 0 Å². The first-order valence-electron chi connectivity index (χ1n) is 9.57. The van der Waals surface area contributed by atoms with Crippen molar-refractivity contribution in [3.8, 4) is 16.3 Å². The molecule has 1 aromatic heterocycles. The summed E-state index contributed by atoms with van der Waals surface area (Å²) in [5.41, 5.74) is 5.61. The zero-order valence-electron chi connectivity index (χ0n) is 17.4. The average Bonchev–Trinajstić information content (AvgIpc) is 3.22. The molecule has 0 radical (unpaired) electrons. The maximum Gasteiger partial charge on any atom is 0.211 e.